The fourth-order valence-corrected chi connectivity index (χ4v) is 5.04. The maximum atomic E-state index is 12.7. The predicted octanol–water partition coefficient (Wildman–Crippen LogP) is -1.29. The average molecular weight is 535 g/mol. The van der Waals surface area contributed by atoms with Crippen molar-refractivity contribution in [1.82, 2.24) is 0 Å². The molecular formula is C18H12N2NaO10S3+. The van der Waals surface area contributed by atoms with Crippen LogP contribution in [0.2, 0.25) is 0 Å². The van der Waals surface area contributed by atoms with Crippen molar-refractivity contribution >= 4 is 52.7 Å². The molecule has 0 bridgehead atoms. The van der Waals surface area contributed by atoms with Gasteiger partial charge in [-0.25, -0.2) is 0 Å². The molecule has 34 heavy (non-hydrogen) atoms. The van der Waals surface area contributed by atoms with Crippen LogP contribution in [0.3, 0.4) is 0 Å². The third-order valence-corrected chi connectivity index (χ3v) is 6.99. The van der Waals surface area contributed by atoms with Crippen LogP contribution in [0.15, 0.2) is 63.2 Å². The molecule has 0 aromatic heterocycles. The van der Waals surface area contributed by atoms with Crippen molar-refractivity contribution in [2.45, 2.75) is 14.7 Å². The number of hydrogen-bond acceptors (Lipinski definition) is 8. The third-order valence-electron chi connectivity index (χ3n) is 4.37. The van der Waals surface area contributed by atoms with Crippen LogP contribution >= 0.6 is 0 Å². The summed E-state index contributed by atoms with van der Waals surface area (Å²) in [6, 6.07) is 9.73. The van der Waals surface area contributed by atoms with Gasteiger partial charge in [-0.1, -0.05) is 6.07 Å². The first-order chi connectivity index (χ1) is 15.1. The van der Waals surface area contributed by atoms with Crippen LogP contribution in [0.1, 0.15) is 15.9 Å². The van der Waals surface area contributed by atoms with Crippen LogP contribution in [0.5, 0.6) is 0 Å². The number of nitrogens with one attached hydrogen (secondary N) is 1. The van der Waals surface area contributed by atoms with Gasteiger partial charge in [0.15, 0.2) is 0 Å². The number of carbonyl (C=O) groups is 1. The van der Waals surface area contributed by atoms with Gasteiger partial charge < -0.3 is 5.32 Å². The van der Waals surface area contributed by atoms with Crippen LogP contribution in [0.4, 0.5) is 5.69 Å². The minimum atomic E-state index is -5.25. The van der Waals surface area contributed by atoms with Gasteiger partial charge in [-0.2, -0.15) is 30.5 Å². The van der Waals surface area contributed by atoms with Gasteiger partial charge in [-0.3, -0.25) is 18.5 Å². The summed E-state index contributed by atoms with van der Waals surface area (Å²) in [7, 11) is -15.4. The molecule has 172 valence electrons. The average Bonchev–Trinajstić information content (AvgIpc) is 2.70. The Hall–Kier alpha value is -2.39. The molecule has 0 saturated carbocycles. The molecule has 0 heterocycles. The fourth-order valence-electron chi connectivity index (χ4n) is 3.00. The summed E-state index contributed by atoms with van der Waals surface area (Å²) in [6.07, 6.45) is 0. The first-order valence-electron chi connectivity index (χ1n) is 8.47. The van der Waals surface area contributed by atoms with Crippen molar-refractivity contribution in [3.05, 3.63) is 59.7 Å². The molecule has 16 heteroatoms. The molecule has 3 aromatic carbocycles. The van der Waals surface area contributed by atoms with E-state index < -0.39 is 61.7 Å². The number of amides is 1. The molecule has 0 aliphatic rings. The molecule has 0 aliphatic carbocycles. The Balaban J connectivity index is 0.00000408. The molecule has 0 radical (unpaired) electrons. The molecule has 0 aliphatic heterocycles. The SMILES string of the molecule is N#Cc1cccc(C(=O)Nc2ccc(S(=O)(=O)O)c3cc(S(=O)(=O)O)cc(S(=O)(=O)O)c23)c1.[Na+]. The molecule has 3 aromatic rings. The number of fused-ring (bicyclic) bond motifs is 1. The van der Waals surface area contributed by atoms with Gasteiger partial charge in [0.2, 0.25) is 0 Å². The molecule has 0 unspecified atom stereocenters. The Labute approximate surface area is 215 Å². The first kappa shape index (κ1) is 27.9. The number of nitrogens with zero attached hydrogens (tertiary/aromatic N) is 1. The van der Waals surface area contributed by atoms with E-state index in [0.29, 0.717) is 12.1 Å². The van der Waals surface area contributed by atoms with E-state index in [1.807, 2.05) is 6.07 Å². The van der Waals surface area contributed by atoms with E-state index in [4.69, 9.17) is 5.26 Å². The molecule has 4 N–H and O–H groups in total. The van der Waals surface area contributed by atoms with Crippen molar-refractivity contribution in [2.75, 3.05) is 5.32 Å². The quantitative estimate of drug-likeness (QED) is 0.222. The number of nitriles is 1. The number of rotatable bonds is 5. The van der Waals surface area contributed by atoms with Crippen molar-refractivity contribution in [1.29, 1.82) is 5.26 Å². The normalized spacial score (nSPS) is 11.9. The van der Waals surface area contributed by atoms with Crippen molar-refractivity contribution in [3.8, 4) is 6.07 Å². The molecular weight excluding hydrogens is 523 g/mol. The molecule has 12 nitrogen and oxygen atoms in total. The summed E-state index contributed by atoms with van der Waals surface area (Å²) in [5, 5.41) is 9.87. The van der Waals surface area contributed by atoms with E-state index in [1.54, 1.807) is 0 Å². The Morgan fingerprint density at radius 1 is 0.824 bits per heavy atom. The van der Waals surface area contributed by atoms with E-state index >= 15 is 0 Å². The minimum Gasteiger partial charge on any atom is -0.321 e. The van der Waals surface area contributed by atoms with Gasteiger partial charge in [0.25, 0.3) is 36.3 Å². The van der Waals surface area contributed by atoms with Gasteiger partial charge >= 0.3 is 29.6 Å². The first-order valence-corrected chi connectivity index (χ1v) is 12.8. The summed E-state index contributed by atoms with van der Waals surface area (Å²) in [5.74, 6) is -0.867. The molecule has 3 rings (SSSR count). The minimum absolute atomic E-state index is 0. The molecule has 0 saturated heterocycles. The van der Waals surface area contributed by atoms with E-state index in [9.17, 15) is 43.7 Å². The van der Waals surface area contributed by atoms with Crippen molar-refractivity contribution in [2.24, 2.45) is 0 Å². The molecule has 1 amide bonds. The monoisotopic (exact) mass is 535 g/mol. The smallest absolute Gasteiger partial charge is 0.321 e. The third kappa shape index (κ3) is 5.81. The summed E-state index contributed by atoms with van der Waals surface area (Å²) < 4.78 is 99.3. The standard InChI is InChI=1S/C18H12N2O10S3.Na/c19-9-10-2-1-3-11(6-10)18(21)20-14-4-5-15(32(25,26)27)13-7-12(31(22,23)24)8-16(17(13)14)33(28,29)30;/h1-8H,(H,20,21)(H,22,23,24)(H,25,26,27)(H,28,29,30);/q;+1. The number of anilines is 1. The second-order valence-electron chi connectivity index (χ2n) is 6.53. The van der Waals surface area contributed by atoms with Gasteiger partial charge in [0.1, 0.15) is 9.79 Å². The van der Waals surface area contributed by atoms with E-state index in [-0.39, 0.29) is 46.4 Å². The van der Waals surface area contributed by atoms with Gasteiger partial charge in [0.05, 0.1) is 22.2 Å². The molecule has 0 spiro atoms. The topological polar surface area (TPSA) is 216 Å². The zero-order chi connectivity index (χ0) is 24.8. The predicted molar refractivity (Wildman–Crippen MR) is 113 cm³/mol. The van der Waals surface area contributed by atoms with Gasteiger partial charge in [-0.05, 0) is 42.5 Å². The second-order valence-corrected chi connectivity index (χ2v) is 10.7. The molecule has 0 atom stereocenters. The van der Waals surface area contributed by atoms with Crippen LogP contribution < -0.4 is 34.9 Å². The van der Waals surface area contributed by atoms with Gasteiger partial charge in [0, 0.05) is 16.3 Å². The largest absolute Gasteiger partial charge is 1.00 e. The zero-order valence-electron chi connectivity index (χ0n) is 17.0. The van der Waals surface area contributed by atoms with Crippen molar-refractivity contribution in [3.63, 3.8) is 0 Å². The Morgan fingerprint density at radius 3 is 1.97 bits per heavy atom. The van der Waals surface area contributed by atoms with E-state index in [1.165, 1.54) is 24.3 Å². The van der Waals surface area contributed by atoms with Crippen LogP contribution in [0.25, 0.3) is 10.8 Å². The summed E-state index contributed by atoms with van der Waals surface area (Å²) in [6.45, 7) is 0. The van der Waals surface area contributed by atoms with Crippen LogP contribution in [0, 0.1) is 11.3 Å². The summed E-state index contributed by atoms with van der Waals surface area (Å²) in [4.78, 5) is 9.43. The Morgan fingerprint density at radius 2 is 1.44 bits per heavy atom. The Bertz CT molecular complexity index is 1690. The zero-order valence-corrected chi connectivity index (χ0v) is 21.4. The van der Waals surface area contributed by atoms with E-state index in [2.05, 4.69) is 5.32 Å². The van der Waals surface area contributed by atoms with Crippen LogP contribution in [-0.2, 0) is 30.4 Å². The van der Waals surface area contributed by atoms with Crippen LogP contribution in [-0.4, -0.2) is 44.8 Å². The second kappa shape index (κ2) is 9.70. The summed E-state index contributed by atoms with van der Waals surface area (Å²) in [5.41, 5.74) is -0.297. The maximum absolute atomic E-state index is 12.7. The number of hydrogen-bond donors (Lipinski definition) is 4. The number of carbonyl (C=O) groups excluding carboxylic acids is 1. The fraction of sp³-hybridized carbons (Fsp3) is 0. The summed E-state index contributed by atoms with van der Waals surface area (Å²) >= 11 is 0. The Kier molecular flexibility index (Phi) is 7.94. The number of benzene rings is 3. The molecule has 0 fully saturated rings. The van der Waals surface area contributed by atoms with Gasteiger partial charge in [-0.15, -0.1) is 0 Å². The van der Waals surface area contributed by atoms with E-state index in [0.717, 1.165) is 12.1 Å². The van der Waals surface area contributed by atoms with Crippen molar-refractivity contribution < 1.29 is 73.3 Å². The maximum Gasteiger partial charge on any atom is 1.00 e.